The molecule has 0 spiro atoms. The van der Waals surface area contributed by atoms with Gasteiger partial charge in [-0.1, -0.05) is 0 Å². The first-order valence-electron chi connectivity index (χ1n) is 6.19. The van der Waals surface area contributed by atoms with Gasteiger partial charge in [0.25, 0.3) is 0 Å². The van der Waals surface area contributed by atoms with E-state index in [-0.39, 0.29) is 12.4 Å². The van der Waals surface area contributed by atoms with Crippen LogP contribution in [0.15, 0.2) is 0 Å². The van der Waals surface area contributed by atoms with Crippen LogP contribution in [-0.4, -0.2) is 49.5 Å². The third kappa shape index (κ3) is 6.53. The summed E-state index contributed by atoms with van der Waals surface area (Å²) in [5.74, 6) is 2.12. The van der Waals surface area contributed by atoms with Crippen molar-refractivity contribution in [3.63, 3.8) is 0 Å². The standard InChI is InChI=1S/C12H24N2OS.ClH/c1-13-7-3-11-4-8-14(9-5-11)12(15)6-10-16-2;/h11,13H,3-10H2,1-2H3;1H. The van der Waals surface area contributed by atoms with Crippen molar-refractivity contribution in [3.05, 3.63) is 0 Å². The molecule has 0 aromatic carbocycles. The lowest BCUT2D eigenvalue weighted by molar-refractivity contribution is -0.132. The molecular formula is C12H25ClN2OS. The Labute approximate surface area is 115 Å². The van der Waals surface area contributed by atoms with Crippen molar-refractivity contribution >= 4 is 30.1 Å². The number of nitrogens with one attached hydrogen (secondary N) is 1. The summed E-state index contributed by atoms with van der Waals surface area (Å²) < 4.78 is 0. The third-order valence-corrected chi connectivity index (χ3v) is 3.90. The highest BCUT2D eigenvalue weighted by molar-refractivity contribution is 7.98. The Hall–Kier alpha value is 0.0700. The van der Waals surface area contributed by atoms with Crippen LogP contribution < -0.4 is 5.32 Å². The van der Waals surface area contributed by atoms with E-state index in [9.17, 15) is 4.79 Å². The number of carbonyl (C=O) groups excluding carboxylic acids is 1. The zero-order valence-corrected chi connectivity index (χ0v) is 12.5. The Morgan fingerprint density at radius 2 is 2.06 bits per heavy atom. The molecule has 1 saturated heterocycles. The molecule has 0 bridgehead atoms. The number of piperidine rings is 1. The summed E-state index contributed by atoms with van der Waals surface area (Å²) in [5.41, 5.74) is 0. The van der Waals surface area contributed by atoms with Gasteiger partial charge in [-0.2, -0.15) is 11.8 Å². The fraction of sp³-hybridized carbons (Fsp3) is 0.917. The van der Waals surface area contributed by atoms with Gasteiger partial charge in [-0.25, -0.2) is 0 Å². The highest BCUT2D eigenvalue weighted by Crippen LogP contribution is 2.20. The monoisotopic (exact) mass is 280 g/mol. The number of nitrogens with zero attached hydrogens (tertiary/aromatic N) is 1. The van der Waals surface area contributed by atoms with Gasteiger partial charge in [0.15, 0.2) is 0 Å². The van der Waals surface area contributed by atoms with E-state index >= 15 is 0 Å². The van der Waals surface area contributed by atoms with Crippen LogP contribution in [0.2, 0.25) is 0 Å². The van der Waals surface area contributed by atoms with E-state index in [0.717, 1.165) is 31.3 Å². The fourth-order valence-electron chi connectivity index (χ4n) is 2.17. The van der Waals surface area contributed by atoms with E-state index in [1.165, 1.54) is 19.3 Å². The summed E-state index contributed by atoms with van der Waals surface area (Å²) in [6, 6.07) is 0. The van der Waals surface area contributed by atoms with Crippen molar-refractivity contribution in [2.45, 2.75) is 25.7 Å². The number of halogens is 1. The predicted molar refractivity (Wildman–Crippen MR) is 78.1 cm³/mol. The summed E-state index contributed by atoms with van der Waals surface area (Å²) in [6.07, 6.45) is 6.39. The summed E-state index contributed by atoms with van der Waals surface area (Å²) in [6.45, 7) is 3.05. The molecule has 1 aliphatic heterocycles. The molecule has 5 heteroatoms. The normalized spacial score (nSPS) is 16.7. The average Bonchev–Trinajstić information content (AvgIpc) is 2.34. The summed E-state index contributed by atoms with van der Waals surface area (Å²) in [5, 5.41) is 3.19. The first kappa shape index (κ1) is 17.1. The second-order valence-corrected chi connectivity index (χ2v) is 5.44. The van der Waals surface area contributed by atoms with E-state index < -0.39 is 0 Å². The smallest absolute Gasteiger partial charge is 0.223 e. The van der Waals surface area contributed by atoms with Gasteiger partial charge < -0.3 is 10.2 Å². The maximum atomic E-state index is 11.8. The van der Waals surface area contributed by atoms with Crippen molar-refractivity contribution in [2.75, 3.05) is 38.7 Å². The zero-order valence-electron chi connectivity index (χ0n) is 10.9. The van der Waals surface area contributed by atoms with Gasteiger partial charge in [0.1, 0.15) is 0 Å². The topological polar surface area (TPSA) is 32.3 Å². The number of amides is 1. The van der Waals surface area contributed by atoms with Gasteiger partial charge >= 0.3 is 0 Å². The first-order valence-corrected chi connectivity index (χ1v) is 7.58. The van der Waals surface area contributed by atoms with Crippen molar-refractivity contribution < 1.29 is 4.79 Å². The van der Waals surface area contributed by atoms with Gasteiger partial charge in [0, 0.05) is 25.3 Å². The van der Waals surface area contributed by atoms with Crippen LogP contribution in [0.1, 0.15) is 25.7 Å². The molecule has 0 aliphatic carbocycles. The molecule has 1 N–H and O–H groups in total. The number of hydrogen-bond donors (Lipinski definition) is 1. The van der Waals surface area contributed by atoms with Crippen LogP contribution in [0.5, 0.6) is 0 Å². The molecular weight excluding hydrogens is 256 g/mol. The lowest BCUT2D eigenvalue weighted by Crippen LogP contribution is -2.39. The fourth-order valence-corrected chi connectivity index (χ4v) is 2.55. The second kappa shape index (κ2) is 10.0. The molecule has 1 aliphatic rings. The van der Waals surface area contributed by atoms with Crippen LogP contribution in [0.25, 0.3) is 0 Å². The Morgan fingerprint density at radius 3 is 2.59 bits per heavy atom. The van der Waals surface area contributed by atoms with Crippen molar-refractivity contribution in [1.29, 1.82) is 0 Å². The molecule has 1 amide bonds. The molecule has 3 nitrogen and oxygen atoms in total. The SMILES string of the molecule is CNCCC1CCN(C(=O)CCSC)CC1.Cl. The molecule has 1 fully saturated rings. The second-order valence-electron chi connectivity index (χ2n) is 4.46. The van der Waals surface area contributed by atoms with Gasteiger partial charge in [-0.3, -0.25) is 4.79 Å². The van der Waals surface area contributed by atoms with Crippen molar-refractivity contribution in [2.24, 2.45) is 5.92 Å². The van der Waals surface area contributed by atoms with Gasteiger partial charge in [-0.15, -0.1) is 12.4 Å². The molecule has 17 heavy (non-hydrogen) atoms. The zero-order chi connectivity index (χ0) is 11.8. The van der Waals surface area contributed by atoms with Gasteiger partial charge in [-0.05, 0) is 45.0 Å². The van der Waals surface area contributed by atoms with Crippen LogP contribution in [-0.2, 0) is 4.79 Å². The Kier molecular flexibility index (Phi) is 10.1. The average molecular weight is 281 g/mol. The molecule has 0 radical (unpaired) electrons. The van der Waals surface area contributed by atoms with Gasteiger partial charge in [0.05, 0.1) is 0 Å². The molecule has 0 saturated carbocycles. The largest absolute Gasteiger partial charge is 0.343 e. The molecule has 0 unspecified atom stereocenters. The lowest BCUT2D eigenvalue weighted by atomic mass is 9.93. The predicted octanol–water partition coefficient (Wildman–Crippen LogP) is 2.01. The first-order chi connectivity index (χ1) is 7.77. The molecule has 0 aromatic rings. The van der Waals surface area contributed by atoms with E-state index in [2.05, 4.69) is 11.6 Å². The summed E-state index contributed by atoms with van der Waals surface area (Å²) in [4.78, 5) is 13.8. The number of thioether (sulfide) groups is 1. The van der Waals surface area contributed by atoms with Crippen molar-refractivity contribution in [3.8, 4) is 0 Å². The number of likely N-dealkylation sites (tertiary alicyclic amines) is 1. The number of rotatable bonds is 6. The van der Waals surface area contributed by atoms with Crippen LogP contribution in [0, 0.1) is 5.92 Å². The summed E-state index contributed by atoms with van der Waals surface area (Å²) in [7, 11) is 2.00. The van der Waals surface area contributed by atoms with Crippen LogP contribution in [0.4, 0.5) is 0 Å². The van der Waals surface area contributed by atoms with E-state index in [4.69, 9.17) is 0 Å². The lowest BCUT2D eigenvalue weighted by Gasteiger charge is -2.32. The number of carbonyl (C=O) groups is 1. The third-order valence-electron chi connectivity index (χ3n) is 3.29. The molecule has 0 atom stereocenters. The minimum absolute atomic E-state index is 0. The maximum absolute atomic E-state index is 11.8. The maximum Gasteiger partial charge on any atom is 0.223 e. The Bertz CT molecular complexity index is 209. The van der Waals surface area contributed by atoms with Gasteiger partial charge in [0.2, 0.25) is 5.91 Å². The number of hydrogen-bond acceptors (Lipinski definition) is 3. The molecule has 1 rings (SSSR count). The Balaban J connectivity index is 0.00000256. The molecule has 1 heterocycles. The quantitative estimate of drug-likeness (QED) is 0.808. The minimum atomic E-state index is 0. The van der Waals surface area contributed by atoms with Crippen LogP contribution in [0.3, 0.4) is 0 Å². The van der Waals surface area contributed by atoms with E-state index in [1.807, 2.05) is 11.9 Å². The molecule has 0 aromatic heterocycles. The van der Waals surface area contributed by atoms with E-state index in [0.29, 0.717) is 12.3 Å². The highest BCUT2D eigenvalue weighted by atomic mass is 35.5. The molecule has 102 valence electrons. The van der Waals surface area contributed by atoms with E-state index in [1.54, 1.807) is 11.8 Å². The van der Waals surface area contributed by atoms with Crippen LogP contribution >= 0.6 is 24.2 Å². The Morgan fingerprint density at radius 1 is 1.41 bits per heavy atom. The summed E-state index contributed by atoms with van der Waals surface area (Å²) >= 11 is 1.75. The van der Waals surface area contributed by atoms with Crippen molar-refractivity contribution in [1.82, 2.24) is 10.2 Å². The minimum Gasteiger partial charge on any atom is -0.343 e. The highest BCUT2D eigenvalue weighted by Gasteiger charge is 2.21.